The first kappa shape index (κ1) is 31.7. The zero-order valence-electron chi connectivity index (χ0n) is 26.3. The molecule has 3 N–H and O–H groups in total. The third kappa shape index (κ3) is 8.24. The predicted molar refractivity (Wildman–Crippen MR) is 170 cm³/mol. The number of fused-ring (bicyclic) bond motifs is 4. The van der Waals surface area contributed by atoms with Gasteiger partial charge in [-0.25, -0.2) is 0 Å². The van der Waals surface area contributed by atoms with Gasteiger partial charge in [0.1, 0.15) is 18.1 Å². The van der Waals surface area contributed by atoms with Crippen molar-refractivity contribution < 1.29 is 24.2 Å². The molecule has 8 nitrogen and oxygen atoms in total. The molecule has 234 valence electrons. The zero-order chi connectivity index (χ0) is 31.3. The highest BCUT2D eigenvalue weighted by Gasteiger charge is 2.46. The van der Waals surface area contributed by atoms with E-state index in [4.69, 9.17) is 9.47 Å². The van der Waals surface area contributed by atoms with Crippen LogP contribution >= 0.6 is 0 Å². The van der Waals surface area contributed by atoms with Crippen molar-refractivity contribution in [2.45, 2.75) is 89.3 Å². The van der Waals surface area contributed by atoms with Gasteiger partial charge in [-0.3, -0.25) is 14.6 Å². The van der Waals surface area contributed by atoms with Crippen molar-refractivity contribution in [2.24, 2.45) is 0 Å². The fourth-order valence-corrected chi connectivity index (χ4v) is 5.63. The van der Waals surface area contributed by atoms with Gasteiger partial charge in [0.05, 0.1) is 30.0 Å². The lowest BCUT2D eigenvalue weighted by Gasteiger charge is -2.28. The molecule has 44 heavy (non-hydrogen) atoms. The quantitative estimate of drug-likeness (QED) is 0.333. The first-order valence-electron chi connectivity index (χ1n) is 15.7. The number of aromatic nitrogens is 1. The monoisotopic (exact) mass is 599 g/mol. The average Bonchev–Trinajstić information content (AvgIpc) is 3.79. The number of aliphatic hydroxyl groups is 1. The van der Waals surface area contributed by atoms with Crippen molar-refractivity contribution in [3.63, 3.8) is 0 Å². The fourth-order valence-electron chi connectivity index (χ4n) is 5.63. The molecule has 2 heterocycles. The Labute approximate surface area is 260 Å². The Hall–Kier alpha value is -3.75. The van der Waals surface area contributed by atoms with Crippen LogP contribution in [0.4, 0.5) is 0 Å². The van der Waals surface area contributed by atoms with E-state index in [0.29, 0.717) is 36.6 Å². The van der Waals surface area contributed by atoms with Crippen molar-refractivity contribution in [3.8, 4) is 11.5 Å². The minimum Gasteiger partial charge on any atom is -0.493 e. The molecule has 0 saturated heterocycles. The molecule has 1 amide bonds. The van der Waals surface area contributed by atoms with E-state index in [-0.39, 0.29) is 29.3 Å². The predicted octanol–water partition coefficient (Wildman–Crippen LogP) is 5.04. The summed E-state index contributed by atoms with van der Waals surface area (Å²) in [6, 6.07) is 17.0. The van der Waals surface area contributed by atoms with E-state index < -0.39 is 12.1 Å². The number of carbonyl (C=O) groups is 2. The number of pyridine rings is 1. The molecule has 1 fully saturated rings. The van der Waals surface area contributed by atoms with Crippen molar-refractivity contribution >= 4 is 11.7 Å². The molecule has 1 aromatic heterocycles. The second kappa shape index (κ2) is 13.5. The number of ketones is 1. The Morgan fingerprint density at radius 1 is 1.14 bits per heavy atom. The molecule has 1 aliphatic heterocycles. The molecule has 0 unspecified atom stereocenters. The smallest absolute Gasteiger partial charge is 0.251 e. The average molecular weight is 600 g/mol. The summed E-state index contributed by atoms with van der Waals surface area (Å²) in [4.78, 5) is 29.9. The maximum absolute atomic E-state index is 13.7. The van der Waals surface area contributed by atoms with Gasteiger partial charge in [-0.1, -0.05) is 45.0 Å². The summed E-state index contributed by atoms with van der Waals surface area (Å²) in [7, 11) is 0. The summed E-state index contributed by atoms with van der Waals surface area (Å²) in [5.74, 6) is 0.426. The van der Waals surface area contributed by atoms with E-state index in [1.165, 1.54) is 18.1 Å². The fraction of sp³-hybridized carbons (Fsp3) is 0.472. The van der Waals surface area contributed by atoms with E-state index in [1.54, 1.807) is 18.2 Å². The minimum absolute atomic E-state index is 0.00993. The Bertz CT molecular complexity index is 1480. The van der Waals surface area contributed by atoms with Crippen LogP contribution in [0.15, 0.2) is 60.8 Å². The highest BCUT2D eigenvalue weighted by Crippen LogP contribution is 2.45. The molecular formula is C36H45N3O5. The molecule has 1 saturated carbocycles. The van der Waals surface area contributed by atoms with Gasteiger partial charge < -0.3 is 25.2 Å². The maximum atomic E-state index is 13.7. The summed E-state index contributed by atoms with van der Waals surface area (Å²) in [5.41, 5.74) is 4.57. The molecular weight excluding hydrogens is 554 g/mol. The molecule has 2 aromatic carbocycles. The molecule has 5 rings (SSSR count). The van der Waals surface area contributed by atoms with Gasteiger partial charge in [-0.2, -0.15) is 0 Å². The number of hydrogen-bond donors (Lipinski definition) is 3. The normalized spacial score (nSPS) is 19.0. The number of aliphatic hydroxyl groups excluding tert-OH is 1. The number of aryl methyl sites for hydroxylation is 1. The topological polar surface area (TPSA) is 110 Å². The van der Waals surface area contributed by atoms with E-state index >= 15 is 0 Å². The number of nitrogens with one attached hydrogen (secondary N) is 2. The number of Topliss-reactive ketones (excluding diaryl/α,β-unsaturated/α-hetero) is 1. The zero-order valence-corrected chi connectivity index (χ0v) is 26.3. The molecule has 0 spiro atoms. The molecule has 8 heteroatoms. The van der Waals surface area contributed by atoms with Crippen molar-refractivity contribution in [1.82, 2.24) is 15.6 Å². The molecule has 2 atom stereocenters. The molecule has 1 aliphatic carbocycles. The van der Waals surface area contributed by atoms with Crippen LogP contribution in [0.3, 0.4) is 0 Å². The highest BCUT2D eigenvalue weighted by atomic mass is 16.5. The minimum atomic E-state index is -0.866. The lowest BCUT2D eigenvalue weighted by atomic mass is 9.86. The third-order valence-electron chi connectivity index (χ3n) is 8.46. The number of rotatable bonds is 8. The van der Waals surface area contributed by atoms with Crippen LogP contribution in [-0.4, -0.2) is 53.7 Å². The maximum Gasteiger partial charge on any atom is 0.251 e. The summed E-state index contributed by atoms with van der Waals surface area (Å²) in [5, 5.41) is 18.3. The van der Waals surface area contributed by atoms with Gasteiger partial charge >= 0.3 is 0 Å². The highest BCUT2D eigenvalue weighted by molar-refractivity contribution is 5.95. The lowest BCUT2D eigenvalue weighted by molar-refractivity contribution is -0.118. The standard InChI is InChI=1S/C36H45N3O5/c1-24(40)23-44-30-19-27-18-29(21-30)43-15-6-5-8-25-9-7-10-26(16-25)17-31(39-34(27)42)32(41)22-38-36(12-13-36)33-20-28(11-14-37-33)35(2,3)4/h7,9-11,14,16,18-21,31-32,38,41H,5-6,8,12-13,15,17,22-23H2,1-4H3,(H,39,42)/t31-,32+/m0/s1. The van der Waals surface area contributed by atoms with Gasteiger partial charge in [0.2, 0.25) is 0 Å². The van der Waals surface area contributed by atoms with Crippen LogP contribution in [0.5, 0.6) is 11.5 Å². The number of hydrogen-bond acceptors (Lipinski definition) is 7. The number of ether oxygens (including phenoxy) is 2. The Kier molecular flexibility index (Phi) is 9.71. The van der Waals surface area contributed by atoms with E-state index in [9.17, 15) is 14.7 Å². The van der Waals surface area contributed by atoms with Crippen LogP contribution in [0.2, 0.25) is 0 Å². The second-order valence-corrected chi connectivity index (χ2v) is 13.3. The van der Waals surface area contributed by atoms with Gasteiger partial charge in [0.15, 0.2) is 5.78 Å². The van der Waals surface area contributed by atoms with Crippen LogP contribution in [0, 0.1) is 0 Å². The molecule has 0 radical (unpaired) electrons. The van der Waals surface area contributed by atoms with E-state index in [2.05, 4.69) is 60.7 Å². The third-order valence-corrected chi connectivity index (χ3v) is 8.46. The van der Waals surface area contributed by atoms with Gasteiger partial charge in [0.25, 0.3) is 5.91 Å². The van der Waals surface area contributed by atoms with Gasteiger partial charge in [-0.05, 0) is 91.8 Å². The first-order chi connectivity index (χ1) is 21.0. The van der Waals surface area contributed by atoms with Crippen molar-refractivity contribution in [1.29, 1.82) is 0 Å². The SMILES string of the molecule is CC(=O)COc1cc2cc(c1)C(=O)N[C@H]([C@H](O)CNC1(c3cc(C(C)(C)C)ccn3)CC1)Cc1cccc(c1)CCCCO2. The first-order valence-corrected chi connectivity index (χ1v) is 15.7. The summed E-state index contributed by atoms with van der Waals surface area (Å²) >= 11 is 0. The van der Waals surface area contributed by atoms with Crippen LogP contribution < -0.4 is 20.1 Å². The molecule has 3 aromatic rings. The molecule has 2 aliphatic rings. The number of benzene rings is 2. The van der Waals surface area contributed by atoms with Crippen molar-refractivity contribution in [2.75, 3.05) is 19.8 Å². The number of nitrogens with zero attached hydrogens (tertiary/aromatic N) is 1. The van der Waals surface area contributed by atoms with E-state index in [1.807, 2.05) is 18.3 Å². The van der Waals surface area contributed by atoms with E-state index in [0.717, 1.165) is 43.4 Å². The van der Waals surface area contributed by atoms with Crippen LogP contribution in [-0.2, 0) is 28.6 Å². The van der Waals surface area contributed by atoms with Crippen LogP contribution in [0.1, 0.15) is 86.1 Å². The lowest BCUT2D eigenvalue weighted by Crippen LogP contribution is -2.50. The van der Waals surface area contributed by atoms with Crippen LogP contribution in [0.25, 0.3) is 0 Å². The second-order valence-electron chi connectivity index (χ2n) is 13.3. The van der Waals surface area contributed by atoms with Gasteiger partial charge in [0, 0.05) is 24.4 Å². The summed E-state index contributed by atoms with van der Waals surface area (Å²) in [6.07, 6.45) is 6.07. The van der Waals surface area contributed by atoms with Gasteiger partial charge in [-0.15, -0.1) is 0 Å². The van der Waals surface area contributed by atoms with Crippen molar-refractivity contribution in [3.05, 3.63) is 88.7 Å². The summed E-state index contributed by atoms with van der Waals surface area (Å²) in [6.45, 7) is 8.72. The molecule has 4 bridgehead atoms. The Morgan fingerprint density at radius 3 is 2.68 bits per heavy atom. The Morgan fingerprint density at radius 2 is 1.93 bits per heavy atom. The number of amides is 1. The Balaban J connectivity index is 1.38. The number of carbonyl (C=O) groups excluding carboxylic acids is 2. The largest absolute Gasteiger partial charge is 0.493 e. The summed E-state index contributed by atoms with van der Waals surface area (Å²) < 4.78 is 11.6.